The van der Waals surface area contributed by atoms with Crippen LogP contribution in [0.3, 0.4) is 0 Å². The van der Waals surface area contributed by atoms with E-state index in [1.807, 2.05) is 29.2 Å². The molecule has 2 aliphatic rings. The van der Waals surface area contributed by atoms with Crippen molar-refractivity contribution in [1.82, 2.24) is 4.90 Å². The molecule has 1 saturated heterocycles. The fourth-order valence-corrected chi connectivity index (χ4v) is 3.05. The molecule has 1 atom stereocenters. The SMILES string of the molecule is O=C(C1CNc2ccccc2N1)N1CCCCCCC1. The number of nitrogens with zero attached hydrogens (tertiary/aromatic N) is 1. The minimum atomic E-state index is -0.135. The highest BCUT2D eigenvalue weighted by Crippen LogP contribution is 2.26. The summed E-state index contributed by atoms with van der Waals surface area (Å²) in [4.78, 5) is 14.7. The standard InChI is InChI=1S/C16H23N3O/c20-16(19-10-6-2-1-3-7-11-19)15-12-17-13-8-4-5-9-14(13)18-15/h4-5,8-9,15,17-18H,1-3,6-7,10-12H2. The first-order valence-corrected chi connectivity index (χ1v) is 7.73. The lowest BCUT2D eigenvalue weighted by Gasteiger charge is -2.33. The van der Waals surface area contributed by atoms with Gasteiger partial charge in [0.1, 0.15) is 6.04 Å². The van der Waals surface area contributed by atoms with Crippen molar-refractivity contribution in [2.45, 2.75) is 38.1 Å². The Balaban J connectivity index is 1.65. The van der Waals surface area contributed by atoms with Crippen molar-refractivity contribution in [3.63, 3.8) is 0 Å². The lowest BCUT2D eigenvalue weighted by molar-refractivity contribution is -0.132. The Hall–Kier alpha value is -1.71. The minimum Gasteiger partial charge on any atom is -0.381 e. The fourth-order valence-electron chi connectivity index (χ4n) is 3.05. The van der Waals surface area contributed by atoms with E-state index in [-0.39, 0.29) is 11.9 Å². The number of rotatable bonds is 1. The molecule has 20 heavy (non-hydrogen) atoms. The van der Waals surface area contributed by atoms with E-state index < -0.39 is 0 Å². The average molecular weight is 273 g/mol. The smallest absolute Gasteiger partial charge is 0.246 e. The number of nitrogens with one attached hydrogen (secondary N) is 2. The summed E-state index contributed by atoms with van der Waals surface area (Å²) in [5.41, 5.74) is 2.12. The Morgan fingerprint density at radius 1 is 1.00 bits per heavy atom. The molecule has 2 aliphatic heterocycles. The van der Waals surface area contributed by atoms with Crippen LogP contribution in [-0.2, 0) is 4.79 Å². The van der Waals surface area contributed by atoms with Gasteiger partial charge in [-0.05, 0) is 25.0 Å². The minimum absolute atomic E-state index is 0.135. The van der Waals surface area contributed by atoms with Crippen molar-refractivity contribution in [3.8, 4) is 0 Å². The van der Waals surface area contributed by atoms with Crippen molar-refractivity contribution in [2.24, 2.45) is 0 Å². The van der Waals surface area contributed by atoms with Crippen LogP contribution in [0.4, 0.5) is 11.4 Å². The summed E-state index contributed by atoms with van der Waals surface area (Å²) < 4.78 is 0. The summed E-state index contributed by atoms with van der Waals surface area (Å²) in [5, 5.41) is 6.73. The third kappa shape index (κ3) is 2.89. The summed E-state index contributed by atoms with van der Waals surface area (Å²) in [7, 11) is 0. The maximum absolute atomic E-state index is 12.7. The molecule has 3 rings (SSSR count). The molecule has 1 aromatic rings. The van der Waals surface area contributed by atoms with E-state index in [0.29, 0.717) is 6.54 Å². The van der Waals surface area contributed by atoms with Crippen LogP contribution in [0.1, 0.15) is 32.1 Å². The van der Waals surface area contributed by atoms with Crippen LogP contribution >= 0.6 is 0 Å². The zero-order chi connectivity index (χ0) is 13.8. The lowest BCUT2D eigenvalue weighted by Crippen LogP contribution is -2.48. The highest BCUT2D eigenvalue weighted by Gasteiger charge is 2.27. The molecule has 0 aliphatic carbocycles. The van der Waals surface area contributed by atoms with E-state index >= 15 is 0 Å². The molecular weight excluding hydrogens is 250 g/mol. The van der Waals surface area contributed by atoms with Gasteiger partial charge < -0.3 is 15.5 Å². The van der Waals surface area contributed by atoms with Crippen molar-refractivity contribution in [2.75, 3.05) is 30.3 Å². The van der Waals surface area contributed by atoms with E-state index in [1.165, 1.54) is 19.3 Å². The fraction of sp³-hybridized carbons (Fsp3) is 0.562. The maximum Gasteiger partial charge on any atom is 0.246 e. The van der Waals surface area contributed by atoms with Gasteiger partial charge in [-0.15, -0.1) is 0 Å². The van der Waals surface area contributed by atoms with Crippen LogP contribution in [0, 0.1) is 0 Å². The molecule has 0 spiro atoms. The molecule has 108 valence electrons. The molecule has 1 amide bonds. The van der Waals surface area contributed by atoms with Crippen molar-refractivity contribution in [3.05, 3.63) is 24.3 Å². The van der Waals surface area contributed by atoms with Gasteiger partial charge >= 0.3 is 0 Å². The summed E-state index contributed by atoms with van der Waals surface area (Å²) >= 11 is 0. The van der Waals surface area contributed by atoms with Crippen LogP contribution < -0.4 is 10.6 Å². The molecule has 4 nitrogen and oxygen atoms in total. The van der Waals surface area contributed by atoms with E-state index in [0.717, 1.165) is 37.3 Å². The second-order valence-corrected chi connectivity index (χ2v) is 5.72. The van der Waals surface area contributed by atoms with Gasteiger partial charge in [-0.2, -0.15) is 0 Å². The number of hydrogen-bond acceptors (Lipinski definition) is 3. The Bertz CT molecular complexity index is 467. The number of anilines is 2. The van der Waals surface area contributed by atoms with Gasteiger partial charge in [0.25, 0.3) is 0 Å². The van der Waals surface area contributed by atoms with Crippen LogP contribution in [0.15, 0.2) is 24.3 Å². The number of likely N-dealkylation sites (tertiary alicyclic amines) is 1. The second kappa shape index (κ2) is 6.16. The molecule has 1 aromatic carbocycles. The van der Waals surface area contributed by atoms with Gasteiger partial charge in [0.15, 0.2) is 0 Å². The summed E-state index contributed by atoms with van der Waals surface area (Å²) in [6.45, 7) is 2.50. The first kappa shape index (κ1) is 13.3. The largest absolute Gasteiger partial charge is 0.381 e. The van der Waals surface area contributed by atoms with Gasteiger partial charge in [0.05, 0.1) is 11.4 Å². The van der Waals surface area contributed by atoms with Gasteiger partial charge in [0, 0.05) is 19.6 Å². The zero-order valence-electron chi connectivity index (χ0n) is 11.9. The molecule has 0 saturated carbocycles. The van der Waals surface area contributed by atoms with Gasteiger partial charge in [-0.3, -0.25) is 4.79 Å². The number of fused-ring (bicyclic) bond motifs is 1. The Kier molecular flexibility index (Phi) is 4.09. The predicted octanol–water partition coefficient (Wildman–Crippen LogP) is 2.69. The monoisotopic (exact) mass is 273 g/mol. The highest BCUT2D eigenvalue weighted by atomic mass is 16.2. The van der Waals surface area contributed by atoms with E-state index in [4.69, 9.17) is 0 Å². The lowest BCUT2D eigenvalue weighted by atomic mass is 10.1. The van der Waals surface area contributed by atoms with Crippen LogP contribution in [-0.4, -0.2) is 36.5 Å². The average Bonchev–Trinajstić information content (AvgIpc) is 2.46. The van der Waals surface area contributed by atoms with Crippen molar-refractivity contribution < 1.29 is 4.79 Å². The quantitative estimate of drug-likeness (QED) is 0.827. The molecule has 2 heterocycles. The highest BCUT2D eigenvalue weighted by molar-refractivity contribution is 5.88. The Labute approximate surface area is 120 Å². The molecule has 2 N–H and O–H groups in total. The summed E-state index contributed by atoms with van der Waals surface area (Å²) in [5.74, 6) is 0.244. The number of benzene rings is 1. The number of hydrogen-bond donors (Lipinski definition) is 2. The molecular formula is C16H23N3O. The normalized spacial score (nSPS) is 22.8. The van der Waals surface area contributed by atoms with E-state index in [2.05, 4.69) is 10.6 Å². The topological polar surface area (TPSA) is 44.4 Å². The molecule has 0 radical (unpaired) electrons. The van der Waals surface area contributed by atoms with Crippen molar-refractivity contribution in [1.29, 1.82) is 0 Å². The first-order valence-electron chi connectivity index (χ1n) is 7.73. The van der Waals surface area contributed by atoms with Crippen molar-refractivity contribution >= 4 is 17.3 Å². The number of carbonyl (C=O) groups excluding carboxylic acids is 1. The molecule has 1 unspecified atom stereocenters. The molecule has 0 aromatic heterocycles. The summed E-state index contributed by atoms with van der Waals surface area (Å²) in [6, 6.07) is 7.93. The molecule has 0 bridgehead atoms. The number of amides is 1. The Morgan fingerprint density at radius 2 is 1.65 bits per heavy atom. The predicted molar refractivity (Wildman–Crippen MR) is 82.0 cm³/mol. The summed E-state index contributed by atoms with van der Waals surface area (Å²) in [6.07, 6.45) is 6.11. The number of para-hydroxylation sites is 2. The van der Waals surface area contributed by atoms with E-state index in [9.17, 15) is 4.79 Å². The number of carbonyl (C=O) groups is 1. The molecule has 1 fully saturated rings. The van der Waals surface area contributed by atoms with Gasteiger partial charge in [-0.25, -0.2) is 0 Å². The zero-order valence-corrected chi connectivity index (χ0v) is 11.9. The second-order valence-electron chi connectivity index (χ2n) is 5.72. The Morgan fingerprint density at radius 3 is 2.40 bits per heavy atom. The van der Waals surface area contributed by atoms with Crippen LogP contribution in [0.5, 0.6) is 0 Å². The van der Waals surface area contributed by atoms with E-state index in [1.54, 1.807) is 0 Å². The van der Waals surface area contributed by atoms with Gasteiger partial charge in [-0.1, -0.05) is 31.4 Å². The third-order valence-electron chi connectivity index (χ3n) is 4.22. The third-order valence-corrected chi connectivity index (χ3v) is 4.22. The van der Waals surface area contributed by atoms with Crippen LogP contribution in [0.25, 0.3) is 0 Å². The first-order chi connectivity index (χ1) is 9.84. The maximum atomic E-state index is 12.7. The van der Waals surface area contributed by atoms with Crippen LogP contribution in [0.2, 0.25) is 0 Å². The molecule has 4 heteroatoms. The van der Waals surface area contributed by atoms with Gasteiger partial charge in [0.2, 0.25) is 5.91 Å².